The van der Waals surface area contributed by atoms with E-state index >= 15 is 0 Å². The fourth-order valence-corrected chi connectivity index (χ4v) is 3.56. The third-order valence-corrected chi connectivity index (χ3v) is 5.30. The monoisotopic (exact) mass is 446 g/mol. The lowest BCUT2D eigenvalue weighted by atomic mass is 10.1. The number of carbonyl (C=O) groups excluding carboxylic acids is 2. The Hall–Kier alpha value is -2.74. The molecule has 0 unspecified atom stereocenters. The van der Waals surface area contributed by atoms with Crippen LogP contribution < -0.4 is 15.5 Å². The highest BCUT2D eigenvalue weighted by atomic mass is 35.5. The highest BCUT2D eigenvalue weighted by Gasteiger charge is 2.20. The van der Waals surface area contributed by atoms with Crippen molar-refractivity contribution < 1.29 is 14.9 Å². The van der Waals surface area contributed by atoms with Crippen molar-refractivity contribution >= 4 is 58.3 Å². The Balaban J connectivity index is 1.71. The van der Waals surface area contributed by atoms with E-state index in [4.69, 9.17) is 28.6 Å². The molecule has 0 radical (unpaired) electrons. The summed E-state index contributed by atoms with van der Waals surface area (Å²) < 4.78 is 0. The summed E-state index contributed by atoms with van der Waals surface area (Å²) in [6.45, 7) is 2.93. The molecule has 30 heavy (non-hydrogen) atoms. The van der Waals surface area contributed by atoms with Gasteiger partial charge in [-0.05, 0) is 18.2 Å². The normalized spacial score (nSPS) is 14.9. The third-order valence-electron chi connectivity index (χ3n) is 4.77. The number of aromatic nitrogens is 1. The fraction of sp³-hybridized carbons (Fsp3) is 0.238. The topological polar surface area (TPSA) is 103 Å². The van der Waals surface area contributed by atoms with E-state index in [1.54, 1.807) is 25.1 Å². The molecule has 156 valence electrons. The summed E-state index contributed by atoms with van der Waals surface area (Å²) in [6.07, 6.45) is 3.50. The molecule has 2 aromatic rings. The molecule has 2 heterocycles. The van der Waals surface area contributed by atoms with Gasteiger partial charge < -0.3 is 15.6 Å². The predicted octanol–water partition coefficient (Wildman–Crippen LogP) is 3.31. The number of benzene rings is 1. The molecule has 1 aromatic carbocycles. The van der Waals surface area contributed by atoms with Gasteiger partial charge in [-0.3, -0.25) is 14.9 Å². The standard InChI is InChI=1S/C21H21Cl2N5O2/c1-13(26-15-4-2-14(22)3-5-15)18(11-24)21(30)27-16-10-19(23)20(25-12-16)28-8-6-17(29)7-9-28/h2-5,10-12,24,26H,6-9H2,1H3,(H,27,30)/p+1. The van der Waals surface area contributed by atoms with Gasteiger partial charge in [0.05, 0.1) is 16.9 Å². The van der Waals surface area contributed by atoms with Crippen molar-refractivity contribution in [2.75, 3.05) is 23.3 Å². The minimum absolute atomic E-state index is 0.222. The number of nitrogens with zero attached hydrogens (tertiary/aromatic N) is 2. The summed E-state index contributed by atoms with van der Waals surface area (Å²) >= 11 is 12.3. The summed E-state index contributed by atoms with van der Waals surface area (Å²) in [5, 5.41) is 13.2. The molecule has 3 rings (SSSR count). The first-order valence-electron chi connectivity index (χ1n) is 9.42. The van der Waals surface area contributed by atoms with E-state index in [0.29, 0.717) is 53.2 Å². The Morgan fingerprint density at radius 1 is 1.23 bits per heavy atom. The number of anilines is 2. The highest BCUT2D eigenvalue weighted by Crippen LogP contribution is 2.28. The first kappa shape index (κ1) is 22.0. The molecular formula is C21H22Cl2N5O2+. The second-order valence-electron chi connectivity index (χ2n) is 6.95. The van der Waals surface area contributed by atoms with Crippen LogP contribution in [0.15, 0.2) is 47.8 Å². The number of piperidine rings is 1. The van der Waals surface area contributed by atoms with Crippen LogP contribution in [0.2, 0.25) is 10.0 Å². The van der Waals surface area contributed by atoms with Crippen LogP contribution in [0.25, 0.3) is 0 Å². The predicted molar refractivity (Wildman–Crippen MR) is 119 cm³/mol. The highest BCUT2D eigenvalue weighted by molar-refractivity contribution is 6.33. The van der Waals surface area contributed by atoms with Crippen molar-refractivity contribution in [2.24, 2.45) is 0 Å². The van der Waals surface area contributed by atoms with Crippen molar-refractivity contribution in [1.29, 1.82) is 5.41 Å². The molecule has 1 saturated heterocycles. The van der Waals surface area contributed by atoms with Gasteiger partial charge in [0.15, 0.2) is 0 Å². The number of hydrogen-bond acceptors (Lipinski definition) is 5. The zero-order chi connectivity index (χ0) is 21.7. The van der Waals surface area contributed by atoms with E-state index in [1.807, 2.05) is 22.3 Å². The number of hydrogen-bond donors (Lipinski definition) is 3. The molecule has 1 amide bonds. The van der Waals surface area contributed by atoms with Crippen LogP contribution in [0.5, 0.6) is 0 Å². The lowest BCUT2D eigenvalue weighted by molar-refractivity contribution is -0.517. The van der Waals surface area contributed by atoms with E-state index in [1.165, 1.54) is 6.20 Å². The average Bonchev–Trinajstić information content (AvgIpc) is 2.71. The number of carbonyl (C=O) groups is 2. The van der Waals surface area contributed by atoms with Gasteiger partial charge in [-0.25, -0.2) is 4.98 Å². The molecule has 0 saturated carbocycles. The lowest BCUT2D eigenvalue weighted by Crippen LogP contribution is -2.75. The minimum atomic E-state index is -0.429. The SMILES string of the molecule is CC([NH2+]c1ccc(Cl)cc1)=C(C=N)C(=O)Nc1cnc(N2CCC(=O)CC2)c(Cl)c1. The van der Waals surface area contributed by atoms with Crippen LogP contribution in [0.1, 0.15) is 19.8 Å². The summed E-state index contributed by atoms with van der Waals surface area (Å²) in [5.74, 6) is 0.405. The molecule has 9 heteroatoms. The fourth-order valence-electron chi connectivity index (χ4n) is 3.14. The quantitative estimate of drug-likeness (QED) is 0.359. The summed E-state index contributed by atoms with van der Waals surface area (Å²) in [6, 6.07) is 8.82. The van der Waals surface area contributed by atoms with Gasteiger partial charge in [-0.15, -0.1) is 0 Å². The first-order chi connectivity index (χ1) is 14.4. The number of nitrogens with two attached hydrogens (primary N) is 1. The van der Waals surface area contributed by atoms with E-state index in [-0.39, 0.29) is 11.4 Å². The van der Waals surface area contributed by atoms with E-state index in [9.17, 15) is 9.59 Å². The number of ketones is 1. The van der Waals surface area contributed by atoms with Gasteiger partial charge in [-0.1, -0.05) is 23.2 Å². The molecule has 4 N–H and O–H groups in total. The maximum Gasteiger partial charge on any atom is 0.262 e. The number of quaternary nitrogens is 1. The van der Waals surface area contributed by atoms with Crippen LogP contribution in [0.3, 0.4) is 0 Å². The van der Waals surface area contributed by atoms with Gasteiger partial charge >= 0.3 is 0 Å². The average molecular weight is 447 g/mol. The molecule has 0 atom stereocenters. The van der Waals surface area contributed by atoms with Crippen LogP contribution in [-0.4, -0.2) is 36.0 Å². The summed E-state index contributed by atoms with van der Waals surface area (Å²) in [7, 11) is 0. The molecule has 7 nitrogen and oxygen atoms in total. The van der Waals surface area contributed by atoms with Gasteiger partial charge in [0.25, 0.3) is 5.91 Å². The number of amides is 1. The number of nitrogens with one attached hydrogen (secondary N) is 2. The van der Waals surface area contributed by atoms with Crippen LogP contribution >= 0.6 is 23.2 Å². The van der Waals surface area contributed by atoms with Crippen molar-refractivity contribution in [3.8, 4) is 0 Å². The van der Waals surface area contributed by atoms with Crippen LogP contribution in [0.4, 0.5) is 17.2 Å². The Morgan fingerprint density at radius 3 is 2.50 bits per heavy atom. The lowest BCUT2D eigenvalue weighted by Gasteiger charge is -2.27. The molecule has 0 bridgehead atoms. The second kappa shape index (κ2) is 9.84. The number of Topliss-reactive ketones (excluding diaryl/α,β-unsaturated/α-hetero) is 1. The number of pyridine rings is 1. The Bertz CT molecular complexity index is 995. The second-order valence-corrected chi connectivity index (χ2v) is 7.79. The Kier molecular flexibility index (Phi) is 7.20. The van der Waals surface area contributed by atoms with Crippen molar-refractivity contribution in [3.05, 3.63) is 57.8 Å². The summed E-state index contributed by atoms with van der Waals surface area (Å²) in [5.41, 5.74) is 2.16. The van der Waals surface area contributed by atoms with Crippen LogP contribution in [-0.2, 0) is 9.59 Å². The van der Waals surface area contributed by atoms with Crippen molar-refractivity contribution in [2.45, 2.75) is 19.8 Å². The molecule has 1 aliphatic rings. The number of allylic oxidation sites excluding steroid dienone is 1. The Morgan fingerprint density at radius 2 is 1.90 bits per heavy atom. The van der Waals surface area contributed by atoms with Crippen molar-refractivity contribution in [1.82, 2.24) is 4.98 Å². The van der Waals surface area contributed by atoms with E-state index in [2.05, 4.69) is 10.3 Å². The Labute approximate surface area is 184 Å². The summed E-state index contributed by atoms with van der Waals surface area (Å²) in [4.78, 5) is 30.4. The molecule has 1 aliphatic heterocycles. The molecule has 0 aliphatic carbocycles. The molecule has 1 fully saturated rings. The van der Waals surface area contributed by atoms with Gasteiger partial charge in [0, 0.05) is 56.2 Å². The molecule has 0 spiro atoms. The van der Waals surface area contributed by atoms with Gasteiger partial charge in [0.1, 0.15) is 28.6 Å². The third kappa shape index (κ3) is 5.44. The van der Waals surface area contributed by atoms with Gasteiger partial charge in [0.2, 0.25) is 0 Å². The molecular weight excluding hydrogens is 425 g/mol. The first-order valence-corrected chi connectivity index (χ1v) is 10.2. The van der Waals surface area contributed by atoms with Gasteiger partial charge in [-0.2, -0.15) is 0 Å². The largest absolute Gasteiger partial charge is 0.355 e. The van der Waals surface area contributed by atoms with E-state index < -0.39 is 5.91 Å². The minimum Gasteiger partial charge on any atom is -0.355 e. The molecule has 1 aromatic heterocycles. The van der Waals surface area contributed by atoms with E-state index in [0.717, 1.165) is 11.9 Å². The van der Waals surface area contributed by atoms with Crippen LogP contribution in [0, 0.1) is 5.41 Å². The maximum absolute atomic E-state index is 12.7. The maximum atomic E-state index is 12.7. The van der Waals surface area contributed by atoms with Crippen molar-refractivity contribution in [3.63, 3.8) is 0 Å². The zero-order valence-corrected chi connectivity index (χ0v) is 17.9. The zero-order valence-electron chi connectivity index (χ0n) is 16.4. The number of rotatable bonds is 6. The smallest absolute Gasteiger partial charge is 0.262 e. The number of halogens is 2.